The third-order valence-electron chi connectivity index (χ3n) is 1.48. The van der Waals surface area contributed by atoms with Crippen LogP contribution in [0, 0.1) is 5.92 Å². The summed E-state index contributed by atoms with van der Waals surface area (Å²) in [6.45, 7) is 4.60. The molecule has 0 rings (SSSR count). The molecule has 0 heterocycles. The molecule has 62 valence electrons. The second-order valence-corrected chi connectivity index (χ2v) is 5.89. The predicted molar refractivity (Wildman–Crippen MR) is 65.4 cm³/mol. The van der Waals surface area contributed by atoms with Gasteiger partial charge in [-0.15, -0.1) is 0 Å². The molecule has 0 aliphatic rings. The topological polar surface area (TPSA) is 0 Å². The molecule has 2 heteroatoms. The van der Waals surface area contributed by atoms with Crippen molar-refractivity contribution in [1.82, 2.24) is 0 Å². The van der Waals surface area contributed by atoms with E-state index in [1.165, 1.54) is 23.7 Å². The van der Waals surface area contributed by atoms with Crippen molar-refractivity contribution in [3.05, 3.63) is 0 Å². The van der Waals surface area contributed by atoms with Crippen LogP contribution in [-0.4, -0.2) is 8.35 Å². The molecule has 0 aromatic carbocycles. The van der Waals surface area contributed by atoms with Crippen LogP contribution in [0.3, 0.4) is 0 Å². The molecular weight excluding hydrogens is 350 g/mol. The van der Waals surface area contributed by atoms with Crippen LogP contribution in [0.5, 0.6) is 0 Å². The predicted octanol–water partition coefficient (Wildman–Crippen LogP) is 4.05. The summed E-state index contributed by atoms with van der Waals surface area (Å²) in [4.78, 5) is 0. The van der Waals surface area contributed by atoms with Crippen LogP contribution < -0.4 is 0 Å². The van der Waals surface area contributed by atoms with Crippen molar-refractivity contribution < 1.29 is 0 Å². The molecule has 0 saturated carbocycles. The zero-order chi connectivity index (χ0) is 7.98. The quantitative estimate of drug-likeness (QED) is 0.509. The lowest BCUT2D eigenvalue weighted by Crippen LogP contribution is -2.00. The molecule has 0 aliphatic heterocycles. The summed E-state index contributed by atoms with van der Waals surface area (Å²) >= 11 is 5.02. The highest BCUT2D eigenvalue weighted by Gasteiger charge is 2.03. The Labute approximate surface area is 91.8 Å². The van der Waals surface area contributed by atoms with Gasteiger partial charge in [-0.25, -0.2) is 0 Å². The minimum Gasteiger partial charge on any atom is -0.0863 e. The summed E-state index contributed by atoms with van der Waals surface area (Å²) < 4.78 is 2.22. The standard InChI is InChI=1S/C8H16I2/c1-7(2)3-4-8(10)5-6-9/h7-8H,3-6H2,1-2H3. The fourth-order valence-corrected chi connectivity index (χ4v) is 3.39. The third kappa shape index (κ3) is 7.57. The van der Waals surface area contributed by atoms with E-state index in [0.717, 1.165) is 9.84 Å². The zero-order valence-electron chi connectivity index (χ0n) is 6.74. The highest BCUT2D eigenvalue weighted by Crippen LogP contribution is 2.17. The Balaban J connectivity index is 3.12. The summed E-state index contributed by atoms with van der Waals surface area (Å²) in [5.74, 6) is 0.881. The summed E-state index contributed by atoms with van der Waals surface area (Å²) in [6, 6.07) is 0. The number of hydrogen-bond donors (Lipinski definition) is 0. The second-order valence-electron chi connectivity index (χ2n) is 3.05. The van der Waals surface area contributed by atoms with Gasteiger partial charge in [0, 0.05) is 8.35 Å². The first kappa shape index (κ1) is 11.5. The van der Waals surface area contributed by atoms with E-state index in [9.17, 15) is 0 Å². The van der Waals surface area contributed by atoms with E-state index >= 15 is 0 Å². The number of alkyl halides is 2. The van der Waals surface area contributed by atoms with E-state index in [2.05, 4.69) is 59.0 Å². The van der Waals surface area contributed by atoms with Gasteiger partial charge in [-0.05, 0) is 25.2 Å². The molecule has 10 heavy (non-hydrogen) atoms. The molecular formula is C8H16I2. The van der Waals surface area contributed by atoms with E-state index in [1.807, 2.05) is 0 Å². The van der Waals surface area contributed by atoms with E-state index in [-0.39, 0.29) is 0 Å². The molecule has 0 radical (unpaired) electrons. The largest absolute Gasteiger partial charge is 0.0863 e. The monoisotopic (exact) mass is 366 g/mol. The van der Waals surface area contributed by atoms with Crippen molar-refractivity contribution >= 4 is 45.2 Å². The van der Waals surface area contributed by atoms with Crippen molar-refractivity contribution in [2.24, 2.45) is 5.92 Å². The third-order valence-corrected chi connectivity index (χ3v) is 3.35. The molecule has 1 atom stereocenters. The number of rotatable bonds is 5. The van der Waals surface area contributed by atoms with Gasteiger partial charge in [0.25, 0.3) is 0 Å². The van der Waals surface area contributed by atoms with Gasteiger partial charge < -0.3 is 0 Å². The highest BCUT2D eigenvalue weighted by molar-refractivity contribution is 14.1. The maximum Gasteiger partial charge on any atom is 0.0117 e. The van der Waals surface area contributed by atoms with E-state index < -0.39 is 0 Å². The molecule has 0 nitrogen and oxygen atoms in total. The second kappa shape index (κ2) is 7.13. The molecule has 0 saturated heterocycles. The fraction of sp³-hybridized carbons (Fsp3) is 1.00. The smallest absolute Gasteiger partial charge is 0.0117 e. The van der Waals surface area contributed by atoms with E-state index in [0.29, 0.717) is 0 Å². The maximum absolute atomic E-state index is 2.57. The van der Waals surface area contributed by atoms with Crippen LogP contribution in [0.15, 0.2) is 0 Å². The van der Waals surface area contributed by atoms with Gasteiger partial charge >= 0.3 is 0 Å². The lowest BCUT2D eigenvalue weighted by Gasteiger charge is -2.08. The molecule has 0 spiro atoms. The Bertz CT molecular complexity index is 71.7. The number of halogens is 2. The SMILES string of the molecule is CC(C)CCC(I)CCI. The van der Waals surface area contributed by atoms with Crippen LogP contribution >= 0.6 is 45.2 Å². The highest BCUT2D eigenvalue weighted by atomic mass is 127. The Kier molecular flexibility index (Phi) is 8.17. The summed E-state index contributed by atoms with van der Waals surface area (Å²) in [5.41, 5.74) is 0. The van der Waals surface area contributed by atoms with Crippen molar-refractivity contribution in [3.8, 4) is 0 Å². The summed E-state index contributed by atoms with van der Waals surface area (Å²) in [6.07, 6.45) is 4.18. The van der Waals surface area contributed by atoms with Gasteiger partial charge in [-0.3, -0.25) is 0 Å². The van der Waals surface area contributed by atoms with Crippen LogP contribution in [0.2, 0.25) is 0 Å². The van der Waals surface area contributed by atoms with Crippen molar-refractivity contribution in [3.63, 3.8) is 0 Å². The van der Waals surface area contributed by atoms with Gasteiger partial charge in [0.15, 0.2) is 0 Å². The Morgan fingerprint density at radius 1 is 1.10 bits per heavy atom. The Morgan fingerprint density at radius 3 is 2.10 bits per heavy atom. The summed E-state index contributed by atoms with van der Waals surface area (Å²) in [7, 11) is 0. The van der Waals surface area contributed by atoms with E-state index in [1.54, 1.807) is 0 Å². The molecule has 0 aliphatic carbocycles. The first-order valence-corrected chi connectivity index (χ1v) is 6.64. The van der Waals surface area contributed by atoms with Gasteiger partial charge in [0.05, 0.1) is 0 Å². The lowest BCUT2D eigenvalue weighted by molar-refractivity contribution is 0.549. The minimum atomic E-state index is 0.881. The lowest BCUT2D eigenvalue weighted by atomic mass is 10.1. The van der Waals surface area contributed by atoms with Crippen molar-refractivity contribution in [1.29, 1.82) is 0 Å². The first-order valence-electron chi connectivity index (χ1n) is 3.86. The molecule has 0 fully saturated rings. The van der Waals surface area contributed by atoms with E-state index in [4.69, 9.17) is 0 Å². The zero-order valence-corrected chi connectivity index (χ0v) is 11.1. The van der Waals surface area contributed by atoms with Crippen LogP contribution in [0.1, 0.15) is 33.1 Å². The van der Waals surface area contributed by atoms with Crippen molar-refractivity contribution in [2.75, 3.05) is 4.43 Å². The van der Waals surface area contributed by atoms with Crippen LogP contribution in [0.4, 0.5) is 0 Å². The Morgan fingerprint density at radius 2 is 1.70 bits per heavy atom. The van der Waals surface area contributed by atoms with Gasteiger partial charge in [0.1, 0.15) is 0 Å². The first-order chi connectivity index (χ1) is 4.66. The average molecular weight is 366 g/mol. The maximum atomic E-state index is 2.57. The normalized spacial score (nSPS) is 14.1. The average Bonchev–Trinajstić information content (AvgIpc) is 1.85. The molecule has 0 N–H and O–H groups in total. The van der Waals surface area contributed by atoms with Crippen LogP contribution in [-0.2, 0) is 0 Å². The molecule has 0 aromatic rings. The Hall–Kier alpha value is 1.46. The minimum absolute atomic E-state index is 0.881. The van der Waals surface area contributed by atoms with Gasteiger partial charge in [-0.1, -0.05) is 59.0 Å². The molecule has 0 aromatic heterocycles. The number of hydrogen-bond acceptors (Lipinski definition) is 0. The molecule has 0 bridgehead atoms. The summed E-state index contributed by atoms with van der Waals surface area (Å²) in [5, 5.41) is 0. The van der Waals surface area contributed by atoms with Crippen LogP contribution in [0.25, 0.3) is 0 Å². The molecule has 1 unspecified atom stereocenters. The fourth-order valence-electron chi connectivity index (χ4n) is 0.777. The van der Waals surface area contributed by atoms with Gasteiger partial charge in [-0.2, -0.15) is 0 Å². The molecule has 0 amide bonds. The van der Waals surface area contributed by atoms with Gasteiger partial charge in [0.2, 0.25) is 0 Å². The van der Waals surface area contributed by atoms with Crippen molar-refractivity contribution in [2.45, 2.75) is 37.0 Å².